The van der Waals surface area contributed by atoms with Crippen molar-refractivity contribution in [2.24, 2.45) is 17.6 Å². The maximum atomic E-state index is 13.6. The number of fused-ring (bicyclic) bond motifs is 1. The quantitative estimate of drug-likeness (QED) is 0.155. The van der Waals surface area contributed by atoms with Crippen LogP contribution in [0.4, 0.5) is 5.69 Å². The molecule has 5 rings (SSSR count). The molecule has 3 amide bonds. The lowest BCUT2D eigenvalue weighted by molar-refractivity contribution is -0.130. The summed E-state index contributed by atoms with van der Waals surface area (Å²) < 4.78 is 0. The molecule has 1 aliphatic rings. The minimum Gasteiger partial charge on any atom is -0.395 e. The Labute approximate surface area is 256 Å². The van der Waals surface area contributed by atoms with Crippen LogP contribution in [0.1, 0.15) is 47.2 Å². The second kappa shape index (κ2) is 14.3. The normalized spacial score (nSPS) is 17.2. The summed E-state index contributed by atoms with van der Waals surface area (Å²) in [4.78, 5) is 39.2. The Bertz CT molecular complexity index is 1610. The fourth-order valence-electron chi connectivity index (χ4n) is 5.86. The number of aryl methyl sites for hydroxylation is 1. The summed E-state index contributed by atoms with van der Waals surface area (Å²) in [6.07, 6.45) is 5.43. The number of amides is 3. The van der Waals surface area contributed by atoms with Crippen LogP contribution in [0.2, 0.25) is 0 Å². The van der Waals surface area contributed by atoms with E-state index in [4.69, 9.17) is 10.8 Å². The Morgan fingerprint density at radius 2 is 1.80 bits per heavy atom. The minimum atomic E-state index is -0.767. The van der Waals surface area contributed by atoms with Crippen molar-refractivity contribution in [1.82, 2.24) is 20.8 Å². The number of aromatic amines is 1. The minimum absolute atomic E-state index is 0.0972. The van der Waals surface area contributed by atoms with E-state index in [1.807, 2.05) is 61.5 Å². The molecule has 1 fully saturated rings. The van der Waals surface area contributed by atoms with E-state index < -0.39 is 6.04 Å². The molecule has 0 saturated heterocycles. The SMILES string of the molecule is Cc1cc(C(=O)NCCO)ccc1-c1ccc(CC(NC(=O)C2CCC(CN)CC2)C(=O)Nc2ccc3cn[nH]c3c2)cc1. The standard InChI is InChI=1S/C34H40N6O4/c1-21-16-26(32(42)36-14-15-41)11-13-29(21)24-6-2-22(3-7-24)17-31(39-33(43)25-8-4-23(19-35)5-9-25)34(44)38-28-12-10-27-20-37-40-30(27)18-28/h2-3,6-7,10-13,16,18,20,23,25,31,41H,4-5,8-9,14-15,17,19,35H2,1H3,(H,36,42)(H,37,40)(H,38,44)(H,39,43). The van der Waals surface area contributed by atoms with Crippen LogP contribution >= 0.6 is 0 Å². The average molecular weight is 597 g/mol. The number of anilines is 1. The summed E-state index contributed by atoms with van der Waals surface area (Å²) >= 11 is 0. The van der Waals surface area contributed by atoms with Crippen LogP contribution in [0.3, 0.4) is 0 Å². The molecule has 10 nitrogen and oxygen atoms in total. The molecule has 3 aromatic carbocycles. The van der Waals surface area contributed by atoms with E-state index in [1.54, 1.807) is 12.3 Å². The van der Waals surface area contributed by atoms with Crippen molar-refractivity contribution in [3.63, 3.8) is 0 Å². The molecule has 44 heavy (non-hydrogen) atoms. The lowest BCUT2D eigenvalue weighted by Crippen LogP contribution is -2.48. The van der Waals surface area contributed by atoms with Gasteiger partial charge in [0.25, 0.3) is 5.91 Å². The fourth-order valence-corrected chi connectivity index (χ4v) is 5.86. The van der Waals surface area contributed by atoms with Gasteiger partial charge in [0, 0.05) is 35.5 Å². The Hall–Kier alpha value is -4.54. The van der Waals surface area contributed by atoms with Gasteiger partial charge in [-0.15, -0.1) is 0 Å². The number of benzene rings is 3. The predicted molar refractivity (Wildman–Crippen MR) is 171 cm³/mol. The number of nitrogens with two attached hydrogens (primary N) is 1. The molecular weight excluding hydrogens is 556 g/mol. The molecule has 7 N–H and O–H groups in total. The molecular formula is C34H40N6O4. The van der Waals surface area contributed by atoms with Crippen molar-refractivity contribution in [3.05, 3.63) is 83.6 Å². The number of H-pyrrole nitrogens is 1. The van der Waals surface area contributed by atoms with Crippen LogP contribution in [0.5, 0.6) is 0 Å². The lowest BCUT2D eigenvalue weighted by Gasteiger charge is -2.28. The van der Waals surface area contributed by atoms with E-state index in [0.29, 0.717) is 30.1 Å². The zero-order valence-corrected chi connectivity index (χ0v) is 24.9. The van der Waals surface area contributed by atoms with Gasteiger partial charge >= 0.3 is 0 Å². The Morgan fingerprint density at radius 1 is 1.02 bits per heavy atom. The van der Waals surface area contributed by atoms with Gasteiger partial charge in [-0.2, -0.15) is 5.10 Å². The first-order valence-electron chi connectivity index (χ1n) is 15.2. The molecule has 0 aliphatic heterocycles. The molecule has 1 heterocycles. The smallest absolute Gasteiger partial charge is 0.251 e. The molecule has 10 heteroatoms. The Morgan fingerprint density at radius 3 is 2.50 bits per heavy atom. The highest BCUT2D eigenvalue weighted by Gasteiger charge is 2.29. The van der Waals surface area contributed by atoms with Crippen molar-refractivity contribution >= 4 is 34.3 Å². The molecule has 1 unspecified atom stereocenters. The van der Waals surface area contributed by atoms with Crippen LogP contribution in [-0.4, -0.2) is 58.8 Å². The van der Waals surface area contributed by atoms with Crippen molar-refractivity contribution in [1.29, 1.82) is 0 Å². The summed E-state index contributed by atoms with van der Waals surface area (Å²) in [6.45, 7) is 2.68. The fraction of sp³-hybridized carbons (Fsp3) is 0.353. The van der Waals surface area contributed by atoms with Crippen molar-refractivity contribution < 1.29 is 19.5 Å². The zero-order valence-electron chi connectivity index (χ0n) is 24.9. The first-order chi connectivity index (χ1) is 21.3. The van der Waals surface area contributed by atoms with E-state index >= 15 is 0 Å². The van der Waals surface area contributed by atoms with Crippen molar-refractivity contribution in [3.8, 4) is 11.1 Å². The number of nitrogens with one attached hydrogen (secondary N) is 4. The highest BCUT2D eigenvalue weighted by Crippen LogP contribution is 2.29. The van der Waals surface area contributed by atoms with E-state index in [1.165, 1.54) is 0 Å². The van der Waals surface area contributed by atoms with Gasteiger partial charge in [0.1, 0.15) is 6.04 Å². The van der Waals surface area contributed by atoms with Gasteiger partial charge in [0.2, 0.25) is 11.8 Å². The molecule has 0 spiro atoms. The number of hydrogen-bond donors (Lipinski definition) is 6. The van der Waals surface area contributed by atoms with Crippen LogP contribution in [0.25, 0.3) is 22.0 Å². The number of rotatable bonds is 11. The molecule has 230 valence electrons. The summed E-state index contributed by atoms with van der Waals surface area (Å²) in [7, 11) is 0. The molecule has 1 aliphatic carbocycles. The number of nitrogens with zero attached hydrogens (tertiary/aromatic N) is 1. The van der Waals surface area contributed by atoms with Gasteiger partial charge in [0.15, 0.2) is 0 Å². The maximum Gasteiger partial charge on any atom is 0.251 e. The molecule has 4 aromatic rings. The monoisotopic (exact) mass is 596 g/mol. The van der Waals surface area contributed by atoms with Gasteiger partial charge in [0.05, 0.1) is 18.3 Å². The van der Waals surface area contributed by atoms with E-state index in [9.17, 15) is 14.4 Å². The number of aliphatic hydroxyl groups excluding tert-OH is 1. The van der Waals surface area contributed by atoms with Crippen LogP contribution < -0.4 is 21.7 Å². The Balaban J connectivity index is 1.31. The average Bonchev–Trinajstić information content (AvgIpc) is 3.51. The summed E-state index contributed by atoms with van der Waals surface area (Å²) in [5.74, 6) is -0.291. The first-order valence-corrected chi connectivity index (χ1v) is 15.2. The van der Waals surface area contributed by atoms with E-state index in [0.717, 1.165) is 58.8 Å². The number of aliphatic hydroxyl groups is 1. The number of carbonyl (C=O) groups is 3. The summed E-state index contributed by atoms with van der Waals surface area (Å²) in [5.41, 5.74) is 11.6. The summed E-state index contributed by atoms with van der Waals surface area (Å²) in [6, 6.07) is 18.2. The molecule has 1 atom stereocenters. The van der Waals surface area contributed by atoms with Crippen LogP contribution in [0, 0.1) is 18.8 Å². The van der Waals surface area contributed by atoms with E-state index in [2.05, 4.69) is 26.1 Å². The predicted octanol–water partition coefficient (Wildman–Crippen LogP) is 3.69. The first kappa shape index (κ1) is 30.9. The topological polar surface area (TPSA) is 162 Å². The summed E-state index contributed by atoms with van der Waals surface area (Å²) in [5, 5.41) is 25.6. The molecule has 1 saturated carbocycles. The van der Waals surface area contributed by atoms with Gasteiger partial charge in [-0.25, -0.2) is 0 Å². The zero-order chi connectivity index (χ0) is 31.1. The third kappa shape index (κ3) is 7.50. The van der Waals surface area contributed by atoms with Gasteiger partial charge in [-0.1, -0.05) is 30.3 Å². The van der Waals surface area contributed by atoms with Gasteiger partial charge in [-0.05, 0) is 97.7 Å². The number of hydrogen-bond acceptors (Lipinski definition) is 6. The van der Waals surface area contributed by atoms with Gasteiger partial charge in [-0.3, -0.25) is 19.5 Å². The maximum absolute atomic E-state index is 13.6. The lowest BCUT2D eigenvalue weighted by atomic mass is 9.81. The highest BCUT2D eigenvalue weighted by atomic mass is 16.3. The largest absolute Gasteiger partial charge is 0.395 e. The van der Waals surface area contributed by atoms with E-state index in [-0.39, 0.29) is 36.8 Å². The number of carbonyl (C=O) groups excluding carboxylic acids is 3. The van der Waals surface area contributed by atoms with Crippen LogP contribution in [-0.2, 0) is 16.0 Å². The van der Waals surface area contributed by atoms with Gasteiger partial charge < -0.3 is 26.8 Å². The highest BCUT2D eigenvalue weighted by molar-refractivity contribution is 5.99. The second-order valence-electron chi connectivity index (χ2n) is 11.6. The second-order valence-corrected chi connectivity index (χ2v) is 11.6. The number of aromatic nitrogens is 2. The van der Waals surface area contributed by atoms with Crippen molar-refractivity contribution in [2.45, 2.75) is 45.1 Å². The Kier molecular flexibility index (Phi) is 10.0. The third-order valence-corrected chi connectivity index (χ3v) is 8.48. The van der Waals surface area contributed by atoms with Crippen LogP contribution in [0.15, 0.2) is 66.9 Å². The van der Waals surface area contributed by atoms with Crippen molar-refractivity contribution in [2.75, 3.05) is 25.0 Å². The third-order valence-electron chi connectivity index (χ3n) is 8.48. The molecule has 0 radical (unpaired) electrons. The molecule has 0 bridgehead atoms. The molecule has 1 aromatic heterocycles.